The Labute approximate surface area is 212 Å². The van der Waals surface area contributed by atoms with Crippen LogP contribution in [0, 0.1) is 0 Å². The normalized spacial score (nSPS) is 26.4. The second kappa shape index (κ2) is 14.7. The molecule has 31 heavy (non-hydrogen) atoms. The molecule has 0 N–H and O–H groups in total. The van der Waals surface area contributed by atoms with Crippen molar-refractivity contribution in [1.82, 2.24) is 0 Å². The lowest BCUT2D eigenvalue weighted by Crippen LogP contribution is -2.16. The van der Waals surface area contributed by atoms with Crippen molar-refractivity contribution in [2.75, 3.05) is 42.0 Å². The highest BCUT2D eigenvalue weighted by Gasteiger charge is 2.29. The lowest BCUT2D eigenvalue weighted by molar-refractivity contribution is -0.139. The Hall–Kier alpha value is 0.520. The Morgan fingerprint density at radius 1 is 0.935 bits per heavy atom. The number of esters is 2. The molecule has 0 saturated carbocycles. The topological polar surface area (TPSA) is 52.6 Å². The first-order valence-corrected chi connectivity index (χ1v) is 16.3. The zero-order valence-corrected chi connectivity index (χ0v) is 23.2. The number of ether oxygens (including phenoxy) is 2. The molecular formula is C21H32O4S6. The smallest absolute Gasteiger partial charge is 0.333 e. The molecule has 0 amide bonds. The Morgan fingerprint density at radius 3 is 1.90 bits per heavy atom. The van der Waals surface area contributed by atoms with E-state index in [4.69, 9.17) is 9.47 Å². The zero-order valence-electron chi connectivity index (χ0n) is 18.3. The van der Waals surface area contributed by atoms with Gasteiger partial charge in [0.15, 0.2) is 0 Å². The van der Waals surface area contributed by atoms with Gasteiger partial charge in [-0.1, -0.05) is 20.1 Å². The monoisotopic (exact) mass is 540 g/mol. The van der Waals surface area contributed by atoms with Crippen LogP contribution < -0.4 is 0 Å². The van der Waals surface area contributed by atoms with Crippen LogP contribution in [-0.2, 0) is 19.1 Å². The van der Waals surface area contributed by atoms with E-state index >= 15 is 0 Å². The molecule has 0 aliphatic carbocycles. The van der Waals surface area contributed by atoms with Crippen LogP contribution in [-0.4, -0.2) is 78.8 Å². The lowest BCUT2D eigenvalue weighted by atomic mass is 10.4. The molecule has 0 spiro atoms. The maximum atomic E-state index is 11.5. The number of hydrogen-bond acceptors (Lipinski definition) is 10. The summed E-state index contributed by atoms with van der Waals surface area (Å²) >= 11 is 11.9. The first kappa shape index (κ1) is 27.8. The predicted molar refractivity (Wildman–Crippen MR) is 146 cm³/mol. The summed E-state index contributed by atoms with van der Waals surface area (Å²) < 4.78 is 11.7. The summed E-state index contributed by atoms with van der Waals surface area (Å²) in [6.07, 6.45) is 0. The first-order chi connectivity index (χ1) is 14.7. The van der Waals surface area contributed by atoms with E-state index in [1.807, 2.05) is 70.6 Å². The molecule has 4 nitrogen and oxygen atoms in total. The molecule has 0 aromatic carbocycles. The highest BCUT2D eigenvalue weighted by molar-refractivity contribution is 8.22. The Morgan fingerprint density at radius 2 is 1.42 bits per heavy atom. The van der Waals surface area contributed by atoms with Gasteiger partial charge in [-0.25, -0.2) is 9.59 Å². The fourth-order valence-corrected chi connectivity index (χ4v) is 12.2. The van der Waals surface area contributed by atoms with Gasteiger partial charge in [0.1, 0.15) is 13.2 Å². The van der Waals surface area contributed by atoms with Crippen LogP contribution >= 0.6 is 70.6 Å². The van der Waals surface area contributed by atoms with Gasteiger partial charge in [0.05, 0.1) is 9.16 Å². The van der Waals surface area contributed by atoms with Gasteiger partial charge in [-0.15, -0.1) is 47.0 Å². The summed E-state index contributed by atoms with van der Waals surface area (Å²) in [7, 11) is 0. The van der Waals surface area contributed by atoms with E-state index in [1.165, 1.54) is 0 Å². The molecule has 0 bridgehead atoms. The van der Waals surface area contributed by atoms with Gasteiger partial charge in [-0.3, -0.25) is 0 Å². The van der Waals surface area contributed by atoms with Crippen LogP contribution in [0.25, 0.3) is 0 Å². The summed E-state index contributed by atoms with van der Waals surface area (Å²) in [5.74, 6) is 4.93. The fourth-order valence-electron chi connectivity index (χ4n) is 2.57. The highest BCUT2D eigenvalue weighted by atomic mass is 32.2. The minimum absolute atomic E-state index is 0.285. The number of hydrogen-bond donors (Lipinski definition) is 0. The minimum atomic E-state index is -0.285. The van der Waals surface area contributed by atoms with E-state index in [9.17, 15) is 9.59 Å². The van der Waals surface area contributed by atoms with E-state index in [1.54, 1.807) is 13.8 Å². The van der Waals surface area contributed by atoms with Crippen molar-refractivity contribution in [3.63, 3.8) is 0 Å². The van der Waals surface area contributed by atoms with E-state index in [0.717, 1.165) is 28.8 Å². The third-order valence-corrected chi connectivity index (χ3v) is 14.4. The molecule has 176 valence electrons. The SMILES string of the molecule is C=C(C)C(=O)OCC1CSC(CSCC(C)SCC2SCC(COC(=O)C(=C)C)S2)S1. The largest absolute Gasteiger partial charge is 0.461 e. The quantitative estimate of drug-likeness (QED) is 0.223. The standard InChI is InChI=1S/C21H32O4S6/c1-13(2)20(22)24-6-16-9-28-18(30-16)11-26-8-15(5)27-12-19-29-10-17(31-19)7-25-21(23)14(3)4/h15-19H,1,3,6-12H2,2,4-5H3. The van der Waals surface area contributed by atoms with E-state index in [0.29, 0.717) is 49.3 Å². The van der Waals surface area contributed by atoms with E-state index in [2.05, 4.69) is 20.1 Å². The third kappa shape index (κ3) is 11.0. The van der Waals surface area contributed by atoms with Crippen molar-refractivity contribution < 1.29 is 19.1 Å². The molecule has 2 rings (SSSR count). The van der Waals surface area contributed by atoms with Gasteiger partial charge in [0, 0.05) is 55.7 Å². The van der Waals surface area contributed by atoms with Crippen molar-refractivity contribution in [2.24, 2.45) is 0 Å². The average molecular weight is 541 g/mol. The Balaban J connectivity index is 1.51. The molecule has 2 saturated heterocycles. The number of rotatable bonds is 13. The molecule has 0 aromatic heterocycles. The van der Waals surface area contributed by atoms with Gasteiger partial charge in [0.2, 0.25) is 0 Å². The third-order valence-electron chi connectivity index (χ3n) is 4.25. The molecule has 5 unspecified atom stereocenters. The molecule has 10 heteroatoms. The lowest BCUT2D eigenvalue weighted by Gasteiger charge is -2.15. The minimum Gasteiger partial charge on any atom is -0.461 e. The van der Waals surface area contributed by atoms with E-state index in [-0.39, 0.29) is 11.9 Å². The van der Waals surface area contributed by atoms with Gasteiger partial charge in [-0.05, 0) is 13.8 Å². The molecule has 0 radical (unpaired) electrons. The summed E-state index contributed by atoms with van der Waals surface area (Å²) in [6, 6.07) is 0. The van der Waals surface area contributed by atoms with Crippen LogP contribution in [0.1, 0.15) is 20.8 Å². The van der Waals surface area contributed by atoms with Crippen molar-refractivity contribution >= 4 is 82.5 Å². The van der Waals surface area contributed by atoms with Crippen molar-refractivity contribution in [3.8, 4) is 0 Å². The summed E-state index contributed by atoms with van der Waals surface area (Å²) in [4.78, 5) is 23.0. The predicted octanol–water partition coefficient (Wildman–Crippen LogP) is 5.43. The Bertz CT molecular complexity index is 643. The van der Waals surface area contributed by atoms with E-state index < -0.39 is 0 Å². The number of carbonyl (C=O) groups is 2. The number of thioether (sulfide) groups is 6. The first-order valence-electron chi connectivity index (χ1n) is 10.1. The van der Waals surface area contributed by atoms with Crippen molar-refractivity contribution in [3.05, 3.63) is 24.3 Å². The van der Waals surface area contributed by atoms with Gasteiger partial charge < -0.3 is 9.47 Å². The summed E-state index contributed by atoms with van der Waals surface area (Å²) in [6.45, 7) is 13.9. The van der Waals surface area contributed by atoms with Crippen LogP contribution in [0.3, 0.4) is 0 Å². The molecule has 2 heterocycles. The van der Waals surface area contributed by atoms with Crippen LogP contribution in [0.2, 0.25) is 0 Å². The second-order valence-electron chi connectivity index (χ2n) is 7.48. The summed E-state index contributed by atoms with van der Waals surface area (Å²) in [5, 5.41) is 1.41. The van der Waals surface area contributed by atoms with Crippen molar-refractivity contribution in [1.29, 1.82) is 0 Å². The molecular weight excluding hydrogens is 509 g/mol. The molecule has 2 fully saturated rings. The Kier molecular flexibility index (Phi) is 13.2. The van der Waals surface area contributed by atoms with Gasteiger partial charge >= 0.3 is 11.9 Å². The average Bonchev–Trinajstić information content (AvgIpc) is 3.37. The van der Waals surface area contributed by atoms with Crippen LogP contribution in [0.5, 0.6) is 0 Å². The maximum absolute atomic E-state index is 11.5. The summed E-state index contributed by atoms with van der Waals surface area (Å²) in [5.41, 5.74) is 0.926. The fraction of sp³-hybridized carbons (Fsp3) is 0.714. The van der Waals surface area contributed by atoms with Crippen LogP contribution in [0.4, 0.5) is 0 Å². The van der Waals surface area contributed by atoms with Gasteiger partial charge in [0.25, 0.3) is 0 Å². The highest BCUT2D eigenvalue weighted by Crippen LogP contribution is 2.42. The molecule has 2 aliphatic rings. The molecule has 2 aliphatic heterocycles. The molecule has 5 atom stereocenters. The molecule has 0 aromatic rings. The van der Waals surface area contributed by atoms with Crippen molar-refractivity contribution in [2.45, 2.75) is 45.7 Å². The zero-order chi connectivity index (χ0) is 22.8. The van der Waals surface area contributed by atoms with Gasteiger partial charge in [-0.2, -0.15) is 23.5 Å². The number of carbonyl (C=O) groups excluding carboxylic acids is 2. The maximum Gasteiger partial charge on any atom is 0.333 e. The van der Waals surface area contributed by atoms with Crippen LogP contribution in [0.15, 0.2) is 24.3 Å². The second-order valence-corrected chi connectivity index (χ2v) is 16.1.